The zero-order valence-corrected chi connectivity index (χ0v) is 10.3. The van der Waals surface area contributed by atoms with Crippen molar-refractivity contribution in [1.29, 1.82) is 0 Å². The molecule has 0 aromatic carbocycles. The Bertz CT molecular complexity index is 232. The van der Waals surface area contributed by atoms with Crippen LogP contribution in [-0.4, -0.2) is 29.5 Å². The molecular weight excluding hydrogens is 220 g/mol. The molecule has 0 bridgehead atoms. The molecule has 0 heterocycles. The SMILES string of the molecule is CC(=O)OC(CCl)CC(=O)OC(C)(C)C. The lowest BCUT2D eigenvalue weighted by Gasteiger charge is -2.21. The zero-order valence-electron chi connectivity index (χ0n) is 9.50. The van der Waals surface area contributed by atoms with Gasteiger partial charge >= 0.3 is 11.9 Å². The minimum absolute atomic E-state index is 0.0135. The molecule has 5 heteroatoms. The van der Waals surface area contributed by atoms with E-state index in [1.54, 1.807) is 20.8 Å². The van der Waals surface area contributed by atoms with Crippen molar-refractivity contribution in [2.24, 2.45) is 0 Å². The molecule has 0 amide bonds. The Hall–Kier alpha value is -0.770. The van der Waals surface area contributed by atoms with Gasteiger partial charge in [0.05, 0.1) is 12.3 Å². The van der Waals surface area contributed by atoms with E-state index in [0.29, 0.717) is 0 Å². The maximum absolute atomic E-state index is 11.3. The number of carbonyl (C=O) groups excluding carboxylic acids is 2. The number of hydrogen-bond donors (Lipinski definition) is 0. The third kappa shape index (κ3) is 8.24. The number of ether oxygens (including phenoxy) is 2. The van der Waals surface area contributed by atoms with Gasteiger partial charge < -0.3 is 9.47 Å². The maximum atomic E-state index is 11.3. The minimum Gasteiger partial charge on any atom is -0.461 e. The first-order valence-corrected chi connectivity index (χ1v) is 5.23. The minimum atomic E-state index is -0.612. The zero-order chi connectivity index (χ0) is 12.1. The quantitative estimate of drug-likeness (QED) is 0.553. The van der Waals surface area contributed by atoms with Gasteiger partial charge in [0, 0.05) is 6.92 Å². The van der Waals surface area contributed by atoms with E-state index in [4.69, 9.17) is 21.1 Å². The lowest BCUT2D eigenvalue weighted by molar-refractivity contribution is -0.160. The average molecular weight is 237 g/mol. The highest BCUT2D eigenvalue weighted by Gasteiger charge is 2.21. The summed E-state index contributed by atoms with van der Waals surface area (Å²) in [4.78, 5) is 22.0. The molecule has 0 aliphatic carbocycles. The highest BCUT2D eigenvalue weighted by atomic mass is 35.5. The monoisotopic (exact) mass is 236 g/mol. The van der Waals surface area contributed by atoms with Crippen molar-refractivity contribution < 1.29 is 19.1 Å². The Morgan fingerprint density at radius 3 is 2.20 bits per heavy atom. The first kappa shape index (κ1) is 14.2. The second kappa shape index (κ2) is 5.95. The van der Waals surface area contributed by atoms with Crippen LogP contribution in [0.15, 0.2) is 0 Å². The van der Waals surface area contributed by atoms with Crippen LogP contribution in [-0.2, 0) is 19.1 Å². The van der Waals surface area contributed by atoms with E-state index in [1.807, 2.05) is 0 Å². The number of esters is 2. The molecule has 0 rings (SSSR count). The second-order valence-electron chi connectivity index (χ2n) is 4.18. The molecule has 0 aliphatic heterocycles. The number of alkyl halides is 1. The van der Waals surface area contributed by atoms with Gasteiger partial charge in [-0.15, -0.1) is 11.6 Å². The van der Waals surface area contributed by atoms with Crippen LogP contribution < -0.4 is 0 Å². The van der Waals surface area contributed by atoms with E-state index in [0.717, 1.165) is 0 Å². The van der Waals surface area contributed by atoms with E-state index in [1.165, 1.54) is 6.92 Å². The molecule has 0 saturated carbocycles. The van der Waals surface area contributed by atoms with Crippen molar-refractivity contribution in [1.82, 2.24) is 0 Å². The summed E-state index contributed by atoms with van der Waals surface area (Å²) in [6, 6.07) is 0. The summed E-state index contributed by atoms with van der Waals surface area (Å²) < 4.78 is 9.88. The second-order valence-corrected chi connectivity index (χ2v) is 4.48. The standard InChI is InChI=1S/C10H17ClO4/c1-7(12)14-8(6-11)5-9(13)15-10(2,3)4/h8H,5-6H2,1-4H3. The van der Waals surface area contributed by atoms with Gasteiger partial charge in [0.15, 0.2) is 0 Å². The van der Waals surface area contributed by atoms with Gasteiger partial charge in [0.2, 0.25) is 0 Å². The van der Waals surface area contributed by atoms with Gasteiger partial charge in [-0.2, -0.15) is 0 Å². The molecule has 0 N–H and O–H groups in total. The van der Waals surface area contributed by atoms with Crippen LogP contribution in [0.2, 0.25) is 0 Å². The van der Waals surface area contributed by atoms with E-state index in [9.17, 15) is 9.59 Å². The highest BCUT2D eigenvalue weighted by Crippen LogP contribution is 2.11. The van der Waals surface area contributed by atoms with Crippen LogP contribution in [0.3, 0.4) is 0 Å². The van der Waals surface area contributed by atoms with Gasteiger partial charge in [-0.3, -0.25) is 9.59 Å². The molecule has 15 heavy (non-hydrogen) atoms. The largest absolute Gasteiger partial charge is 0.461 e. The molecule has 1 unspecified atom stereocenters. The van der Waals surface area contributed by atoms with Crippen molar-refractivity contribution in [2.75, 3.05) is 5.88 Å². The summed E-state index contributed by atoms with van der Waals surface area (Å²) in [5, 5.41) is 0. The molecule has 0 aromatic heterocycles. The molecule has 0 spiro atoms. The van der Waals surface area contributed by atoms with Gasteiger partial charge in [-0.1, -0.05) is 0 Å². The van der Waals surface area contributed by atoms with Crippen molar-refractivity contribution in [3.8, 4) is 0 Å². The predicted octanol–water partition coefficient (Wildman–Crippen LogP) is 1.89. The third-order valence-electron chi connectivity index (χ3n) is 1.32. The normalized spacial score (nSPS) is 13.1. The van der Waals surface area contributed by atoms with Gasteiger partial charge in [-0.05, 0) is 20.8 Å². The van der Waals surface area contributed by atoms with Crippen molar-refractivity contribution in [3.63, 3.8) is 0 Å². The summed E-state index contributed by atoms with van der Waals surface area (Å²) in [5.74, 6) is -0.794. The van der Waals surface area contributed by atoms with E-state index in [-0.39, 0.29) is 12.3 Å². The molecule has 0 saturated heterocycles. The Balaban J connectivity index is 4.07. The molecule has 88 valence electrons. The van der Waals surface area contributed by atoms with Gasteiger partial charge in [0.25, 0.3) is 0 Å². The van der Waals surface area contributed by atoms with Crippen molar-refractivity contribution >= 4 is 23.5 Å². The molecule has 4 nitrogen and oxygen atoms in total. The molecule has 0 radical (unpaired) electrons. The van der Waals surface area contributed by atoms with Crippen LogP contribution in [0.1, 0.15) is 34.1 Å². The predicted molar refractivity (Wildman–Crippen MR) is 56.7 cm³/mol. The summed E-state index contributed by atoms with van der Waals surface area (Å²) in [6.45, 7) is 6.58. The van der Waals surface area contributed by atoms with Gasteiger partial charge in [-0.25, -0.2) is 0 Å². The van der Waals surface area contributed by atoms with Crippen molar-refractivity contribution in [3.05, 3.63) is 0 Å². The summed E-state index contributed by atoms with van der Waals surface area (Å²) in [7, 11) is 0. The fourth-order valence-electron chi connectivity index (χ4n) is 0.931. The number of carbonyl (C=O) groups is 2. The van der Waals surface area contributed by atoms with E-state index in [2.05, 4.69) is 0 Å². The van der Waals surface area contributed by atoms with Crippen molar-refractivity contribution in [2.45, 2.75) is 45.8 Å². The fourth-order valence-corrected chi connectivity index (χ4v) is 1.10. The lowest BCUT2D eigenvalue weighted by Crippen LogP contribution is -2.29. The van der Waals surface area contributed by atoms with Gasteiger partial charge in [0.1, 0.15) is 11.7 Å². The lowest BCUT2D eigenvalue weighted by atomic mass is 10.2. The Morgan fingerprint density at radius 1 is 1.33 bits per heavy atom. The molecular formula is C10H17ClO4. The number of halogens is 1. The van der Waals surface area contributed by atoms with Crippen LogP contribution in [0, 0.1) is 0 Å². The first-order chi connectivity index (χ1) is 6.74. The Kier molecular flexibility index (Phi) is 5.65. The molecule has 1 atom stereocenters. The molecule has 0 aromatic rings. The smallest absolute Gasteiger partial charge is 0.310 e. The number of rotatable bonds is 4. The first-order valence-electron chi connectivity index (χ1n) is 4.69. The average Bonchev–Trinajstić information content (AvgIpc) is 1.98. The fraction of sp³-hybridized carbons (Fsp3) is 0.800. The van der Waals surface area contributed by atoms with Crippen LogP contribution in [0.25, 0.3) is 0 Å². The van der Waals surface area contributed by atoms with E-state index < -0.39 is 23.6 Å². The van der Waals surface area contributed by atoms with Crippen LogP contribution in [0.4, 0.5) is 0 Å². The molecule has 0 aliphatic rings. The molecule has 0 fully saturated rings. The maximum Gasteiger partial charge on any atom is 0.310 e. The topological polar surface area (TPSA) is 52.6 Å². The van der Waals surface area contributed by atoms with Crippen LogP contribution in [0.5, 0.6) is 0 Å². The summed E-state index contributed by atoms with van der Waals surface area (Å²) in [6.07, 6.45) is -0.626. The highest BCUT2D eigenvalue weighted by molar-refractivity contribution is 6.18. The Morgan fingerprint density at radius 2 is 1.87 bits per heavy atom. The third-order valence-corrected chi connectivity index (χ3v) is 1.66. The summed E-state index contributed by atoms with van der Waals surface area (Å²) >= 11 is 5.54. The van der Waals surface area contributed by atoms with E-state index >= 15 is 0 Å². The summed E-state index contributed by atoms with van der Waals surface area (Å²) in [5.41, 5.74) is -0.538. The van der Waals surface area contributed by atoms with Crippen LogP contribution >= 0.6 is 11.6 Å². The number of hydrogen-bond acceptors (Lipinski definition) is 4. The Labute approximate surface area is 94.9 Å².